The topological polar surface area (TPSA) is 61.4 Å². The van der Waals surface area contributed by atoms with Gasteiger partial charge in [0.15, 0.2) is 0 Å². The lowest BCUT2D eigenvalue weighted by atomic mass is 9.80. The molecular weight excluding hydrogens is 302 g/mol. The molecule has 1 heterocycles. The molecule has 1 saturated carbocycles. The van der Waals surface area contributed by atoms with Crippen LogP contribution >= 0.6 is 0 Å². The molecule has 138 valence electrons. The molecule has 3 amide bonds. The van der Waals surface area contributed by atoms with E-state index in [0.717, 1.165) is 25.3 Å². The molecular formula is C19H35N3O2. The first-order valence-corrected chi connectivity index (χ1v) is 9.88. The van der Waals surface area contributed by atoms with E-state index in [1.54, 1.807) is 11.9 Å². The summed E-state index contributed by atoms with van der Waals surface area (Å²) in [5, 5.41) is 5.83. The molecule has 2 fully saturated rings. The van der Waals surface area contributed by atoms with Gasteiger partial charge in [0.25, 0.3) is 0 Å². The third-order valence-electron chi connectivity index (χ3n) is 5.86. The Morgan fingerprint density at radius 1 is 1.00 bits per heavy atom. The van der Waals surface area contributed by atoms with Gasteiger partial charge in [-0.05, 0) is 37.5 Å². The molecule has 1 aliphatic heterocycles. The van der Waals surface area contributed by atoms with E-state index in [2.05, 4.69) is 17.6 Å². The van der Waals surface area contributed by atoms with Gasteiger partial charge in [-0.3, -0.25) is 4.79 Å². The number of carbonyl (C=O) groups excluding carboxylic acids is 2. The summed E-state index contributed by atoms with van der Waals surface area (Å²) >= 11 is 0. The molecule has 2 N–H and O–H groups in total. The van der Waals surface area contributed by atoms with E-state index in [0.29, 0.717) is 19.0 Å². The second-order valence-electron chi connectivity index (χ2n) is 7.59. The van der Waals surface area contributed by atoms with Crippen molar-refractivity contribution in [3.8, 4) is 0 Å². The number of piperidine rings is 1. The fraction of sp³-hybridized carbons (Fsp3) is 0.895. The Balaban J connectivity index is 1.61. The van der Waals surface area contributed by atoms with Gasteiger partial charge in [0.1, 0.15) is 0 Å². The van der Waals surface area contributed by atoms with E-state index in [-0.39, 0.29) is 17.9 Å². The maximum absolute atomic E-state index is 12.4. The standard InChI is InChI=1S/C19H35N3O2/c1-3-4-5-15-6-8-16(9-7-15)14-21-18(23)17-10-12-22(13-11-17)19(24)20-2/h15-17H,3-14H2,1-2H3,(H,20,24)(H,21,23). The van der Waals surface area contributed by atoms with Gasteiger partial charge in [0, 0.05) is 32.6 Å². The highest BCUT2D eigenvalue weighted by Crippen LogP contribution is 2.31. The van der Waals surface area contributed by atoms with Gasteiger partial charge in [-0.2, -0.15) is 0 Å². The van der Waals surface area contributed by atoms with E-state index in [1.165, 1.54) is 44.9 Å². The molecule has 1 saturated heterocycles. The Morgan fingerprint density at radius 3 is 2.21 bits per heavy atom. The van der Waals surface area contributed by atoms with E-state index >= 15 is 0 Å². The third-order valence-corrected chi connectivity index (χ3v) is 5.86. The molecule has 0 aromatic rings. The zero-order valence-corrected chi connectivity index (χ0v) is 15.5. The van der Waals surface area contributed by atoms with Gasteiger partial charge in [-0.15, -0.1) is 0 Å². The van der Waals surface area contributed by atoms with Crippen LogP contribution in [0.15, 0.2) is 0 Å². The summed E-state index contributed by atoms with van der Waals surface area (Å²) in [7, 11) is 1.65. The maximum atomic E-state index is 12.4. The Morgan fingerprint density at radius 2 is 1.62 bits per heavy atom. The molecule has 2 aliphatic rings. The first-order valence-electron chi connectivity index (χ1n) is 9.88. The molecule has 0 aromatic carbocycles. The molecule has 1 aliphatic carbocycles. The largest absolute Gasteiger partial charge is 0.356 e. The van der Waals surface area contributed by atoms with Crippen LogP contribution in [0.3, 0.4) is 0 Å². The molecule has 0 bridgehead atoms. The summed E-state index contributed by atoms with van der Waals surface area (Å²) in [6.07, 6.45) is 10.8. The van der Waals surface area contributed by atoms with Crippen LogP contribution in [0.25, 0.3) is 0 Å². The average Bonchev–Trinajstić information content (AvgIpc) is 2.64. The van der Waals surface area contributed by atoms with Gasteiger partial charge in [-0.25, -0.2) is 4.79 Å². The third kappa shape index (κ3) is 5.67. The van der Waals surface area contributed by atoms with E-state index < -0.39 is 0 Å². The highest BCUT2D eigenvalue weighted by molar-refractivity contribution is 5.79. The predicted octanol–water partition coefficient (Wildman–Crippen LogP) is 3.15. The zero-order valence-electron chi connectivity index (χ0n) is 15.5. The molecule has 0 atom stereocenters. The smallest absolute Gasteiger partial charge is 0.317 e. The van der Waals surface area contributed by atoms with Crippen LogP contribution in [0.4, 0.5) is 4.79 Å². The molecule has 0 aromatic heterocycles. The number of likely N-dealkylation sites (tertiary alicyclic amines) is 1. The number of rotatable bonds is 6. The summed E-state index contributed by atoms with van der Waals surface area (Å²) in [6, 6.07) is -0.0336. The van der Waals surface area contributed by atoms with Crippen molar-refractivity contribution in [3.05, 3.63) is 0 Å². The summed E-state index contributed by atoms with van der Waals surface area (Å²) in [6.45, 7) is 4.47. The summed E-state index contributed by atoms with van der Waals surface area (Å²) in [4.78, 5) is 25.7. The highest BCUT2D eigenvalue weighted by atomic mass is 16.2. The van der Waals surface area contributed by atoms with Gasteiger partial charge in [0.05, 0.1) is 0 Å². The van der Waals surface area contributed by atoms with Crippen molar-refractivity contribution in [2.24, 2.45) is 17.8 Å². The number of unbranched alkanes of at least 4 members (excludes halogenated alkanes) is 1. The van der Waals surface area contributed by atoms with Crippen molar-refractivity contribution < 1.29 is 9.59 Å². The van der Waals surface area contributed by atoms with Crippen LogP contribution < -0.4 is 10.6 Å². The lowest BCUT2D eigenvalue weighted by molar-refractivity contribution is -0.126. The number of hydrogen-bond donors (Lipinski definition) is 2. The lowest BCUT2D eigenvalue weighted by Crippen LogP contribution is -2.46. The van der Waals surface area contributed by atoms with Crippen LogP contribution in [0.1, 0.15) is 64.7 Å². The number of carbonyl (C=O) groups is 2. The molecule has 0 radical (unpaired) electrons. The quantitative estimate of drug-likeness (QED) is 0.782. The second-order valence-corrected chi connectivity index (χ2v) is 7.59. The first kappa shape index (κ1) is 19.1. The maximum Gasteiger partial charge on any atom is 0.317 e. The summed E-state index contributed by atoms with van der Waals surface area (Å²) in [5.74, 6) is 1.86. The molecule has 24 heavy (non-hydrogen) atoms. The SMILES string of the molecule is CCCCC1CCC(CNC(=O)C2CCN(C(=O)NC)CC2)CC1. The van der Waals surface area contributed by atoms with Gasteiger partial charge in [-0.1, -0.05) is 39.0 Å². The van der Waals surface area contributed by atoms with Crippen LogP contribution in [0.5, 0.6) is 0 Å². The van der Waals surface area contributed by atoms with Crippen LogP contribution in [-0.2, 0) is 4.79 Å². The summed E-state index contributed by atoms with van der Waals surface area (Å²) in [5.41, 5.74) is 0. The van der Waals surface area contributed by atoms with Crippen molar-refractivity contribution in [2.75, 3.05) is 26.7 Å². The second kappa shape index (κ2) is 9.90. The number of hydrogen-bond acceptors (Lipinski definition) is 2. The minimum absolute atomic E-state index is 0.0336. The van der Waals surface area contributed by atoms with Gasteiger partial charge < -0.3 is 15.5 Å². The van der Waals surface area contributed by atoms with Crippen molar-refractivity contribution in [1.29, 1.82) is 0 Å². The Kier molecular flexibility index (Phi) is 7.86. The zero-order chi connectivity index (χ0) is 17.4. The fourth-order valence-corrected chi connectivity index (χ4v) is 4.11. The number of urea groups is 1. The first-order chi connectivity index (χ1) is 11.6. The molecule has 5 nitrogen and oxygen atoms in total. The number of nitrogens with zero attached hydrogens (tertiary/aromatic N) is 1. The number of nitrogens with one attached hydrogen (secondary N) is 2. The Bertz CT molecular complexity index is 397. The minimum atomic E-state index is -0.0336. The monoisotopic (exact) mass is 337 g/mol. The van der Waals surface area contributed by atoms with Crippen molar-refractivity contribution in [2.45, 2.75) is 64.7 Å². The molecule has 0 spiro atoms. The van der Waals surface area contributed by atoms with Gasteiger partial charge in [0.2, 0.25) is 5.91 Å². The van der Waals surface area contributed by atoms with Crippen LogP contribution in [-0.4, -0.2) is 43.5 Å². The highest BCUT2D eigenvalue weighted by Gasteiger charge is 2.28. The molecule has 2 rings (SSSR count). The van der Waals surface area contributed by atoms with E-state index in [9.17, 15) is 9.59 Å². The predicted molar refractivity (Wildman–Crippen MR) is 96.7 cm³/mol. The minimum Gasteiger partial charge on any atom is -0.356 e. The normalized spacial score (nSPS) is 25.3. The molecule has 5 heteroatoms. The lowest BCUT2D eigenvalue weighted by Gasteiger charge is -2.32. The Labute approximate surface area is 146 Å². The Hall–Kier alpha value is -1.26. The van der Waals surface area contributed by atoms with Crippen molar-refractivity contribution in [3.63, 3.8) is 0 Å². The van der Waals surface area contributed by atoms with Gasteiger partial charge >= 0.3 is 6.03 Å². The van der Waals surface area contributed by atoms with E-state index in [1.807, 2.05) is 0 Å². The average molecular weight is 338 g/mol. The van der Waals surface area contributed by atoms with E-state index in [4.69, 9.17) is 0 Å². The van der Waals surface area contributed by atoms with Crippen molar-refractivity contribution >= 4 is 11.9 Å². The van der Waals surface area contributed by atoms with Crippen LogP contribution in [0.2, 0.25) is 0 Å². The van der Waals surface area contributed by atoms with Crippen LogP contribution in [0, 0.1) is 17.8 Å². The molecule has 0 unspecified atom stereocenters. The van der Waals surface area contributed by atoms with Crippen molar-refractivity contribution in [1.82, 2.24) is 15.5 Å². The number of amides is 3. The summed E-state index contributed by atoms with van der Waals surface area (Å²) < 4.78 is 0. The fourth-order valence-electron chi connectivity index (χ4n) is 4.11.